The second kappa shape index (κ2) is 4.37. The Kier molecular flexibility index (Phi) is 3.63. The van der Waals surface area contributed by atoms with E-state index in [1.807, 2.05) is 0 Å². The molecule has 1 unspecified atom stereocenters. The number of aliphatic hydroxyl groups is 1. The molecule has 0 amide bonds. The summed E-state index contributed by atoms with van der Waals surface area (Å²) in [6.45, 7) is 6.73. The molecular formula is C9H6Cl3NO. The molecule has 0 aromatic heterocycles. The minimum atomic E-state index is -1.75. The van der Waals surface area contributed by atoms with Gasteiger partial charge in [-0.05, 0) is 5.56 Å². The lowest BCUT2D eigenvalue weighted by atomic mass is 10.1. The van der Waals surface area contributed by atoms with Crippen molar-refractivity contribution in [3.05, 3.63) is 41.2 Å². The maximum absolute atomic E-state index is 9.55. The van der Waals surface area contributed by atoms with E-state index in [0.717, 1.165) is 0 Å². The lowest BCUT2D eigenvalue weighted by Gasteiger charge is -2.18. The summed E-state index contributed by atoms with van der Waals surface area (Å²) in [5, 5.41) is 9.55. The standard InChI is InChI=1S/C9H6Cl3NO/c1-13-7-4-2-6(3-5-7)8(14)9(10,11)12/h2-5,8,14H. The summed E-state index contributed by atoms with van der Waals surface area (Å²) in [5.74, 6) is 0. The summed E-state index contributed by atoms with van der Waals surface area (Å²) in [7, 11) is 0. The van der Waals surface area contributed by atoms with Crippen LogP contribution in [-0.2, 0) is 0 Å². The van der Waals surface area contributed by atoms with Gasteiger partial charge >= 0.3 is 0 Å². The first kappa shape index (κ1) is 11.6. The Morgan fingerprint density at radius 1 is 1.21 bits per heavy atom. The van der Waals surface area contributed by atoms with Gasteiger partial charge in [-0.1, -0.05) is 59.1 Å². The van der Waals surface area contributed by atoms with Crippen molar-refractivity contribution in [1.29, 1.82) is 0 Å². The number of halogens is 3. The van der Waals surface area contributed by atoms with E-state index in [1.54, 1.807) is 24.3 Å². The van der Waals surface area contributed by atoms with Crippen molar-refractivity contribution in [2.24, 2.45) is 0 Å². The Bertz CT molecular complexity index is 350. The Hall–Kier alpha value is -0.460. The lowest BCUT2D eigenvalue weighted by Crippen LogP contribution is -2.16. The fourth-order valence-electron chi connectivity index (χ4n) is 0.920. The van der Waals surface area contributed by atoms with Gasteiger partial charge in [-0.2, -0.15) is 0 Å². The predicted molar refractivity (Wildman–Crippen MR) is 58.0 cm³/mol. The van der Waals surface area contributed by atoms with Crippen molar-refractivity contribution in [2.45, 2.75) is 9.90 Å². The van der Waals surface area contributed by atoms with Crippen LogP contribution in [0.5, 0.6) is 0 Å². The lowest BCUT2D eigenvalue weighted by molar-refractivity contribution is 0.182. The van der Waals surface area contributed by atoms with E-state index in [0.29, 0.717) is 11.3 Å². The molecule has 5 heteroatoms. The molecule has 1 rings (SSSR count). The van der Waals surface area contributed by atoms with Gasteiger partial charge in [-0.25, -0.2) is 4.85 Å². The van der Waals surface area contributed by atoms with Crippen LogP contribution in [0.2, 0.25) is 0 Å². The van der Waals surface area contributed by atoms with E-state index < -0.39 is 9.90 Å². The quantitative estimate of drug-likeness (QED) is 0.597. The summed E-state index contributed by atoms with van der Waals surface area (Å²) in [4.78, 5) is 3.20. The number of hydrogen-bond acceptors (Lipinski definition) is 1. The molecule has 0 aliphatic carbocycles. The van der Waals surface area contributed by atoms with Crippen molar-refractivity contribution >= 4 is 40.5 Å². The maximum atomic E-state index is 9.55. The molecule has 1 aromatic rings. The van der Waals surface area contributed by atoms with Crippen molar-refractivity contribution in [1.82, 2.24) is 0 Å². The summed E-state index contributed by atoms with van der Waals surface area (Å²) in [6, 6.07) is 6.23. The topological polar surface area (TPSA) is 24.6 Å². The highest BCUT2D eigenvalue weighted by Crippen LogP contribution is 2.39. The normalized spacial score (nSPS) is 13.4. The fourth-order valence-corrected chi connectivity index (χ4v) is 1.30. The molecule has 1 N–H and O–H groups in total. The number of benzene rings is 1. The number of rotatable bonds is 1. The monoisotopic (exact) mass is 249 g/mol. The molecule has 0 bridgehead atoms. The molecule has 0 radical (unpaired) electrons. The van der Waals surface area contributed by atoms with Crippen molar-refractivity contribution in [3.8, 4) is 0 Å². The zero-order chi connectivity index (χ0) is 10.8. The van der Waals surface area contributed by atoms with Crippen LogP contribution in [-0.4, -0.2) is 8.90 Å². The van der Waals surface area contributed by atoms with Gasteiger partial charge in [0.05, 0.1) is 6.57 Å². The third-order valence-electron chi connectivity index (χ3n) is 1.65. The molecule has 0 aliphatic heterocycles. The van der Waals surface area contributed by atoms with E-state index in [-0.39, 0.29) is 0 Å². The molecule has 0 spiro atoms. The molecule has 0 heterocycles. The second-order valence-electron chi connectivity index (χ2n) is 2.65. The Morgan fingerprint density at radius 2 is 1.71 bits per heavy atom. The van der Waals surface area contributed by atoms with Gasteiger partial charge < -0.3 is 5.11 Å². The van der Waals surface area contributed by atoms with Crippen molar-refractivity contribution < 1.29 is 5.11 Å². The molecule has 74 valence electrons. The van der Waals surface area contributed by atoms with Crippen LogP contribution in [0.3, 0.4) is 0 Å². The summed E-state index contributed by atoms with van der Waals surface area (Å²) in [6.07, 6.45) is -1.19. The number of hydrogen-bond donors (Lipinski definition) is 1. The predicted octanol–water partition coefficient (Wildman–Crippen LogP) is 3.64. The molecule has 14 heavy (non-hydrogen) atoms. The van der Waals surface area contributed by atoms with Crippen LogP contribution < -0.4 is 0 Å². The van der Waals surface area contributed by atoms with Crippen LogP contribution >= 0.6 is 34.8 Å². The number of alkyl halides is 3. The smallest absolute Gasteiger partial charge is 0.220 e. The molecule has 1 aromatic carbocycles. The molecule has 0 saturated heterocycles. The highest BCUT2D eigenvalue weighted by atomic mass is 35.6. The summed E-state index contributed by atoms with van der Waals surface area (Å²) in [5.41, 5.74) is 0.947. The zero-order valence-electron chi connectivity index (χ0n) is 6.92. The Balaban J connectivity index is 2.94. The van der Waals surface area contributed by atoms with E-state index in [9.17, 15) is 5.11 Å². The van der Waals surface area contributed by atoms with Gasteiger partial charge in [0.2, 0.25) is 3.79 Å². The average Bonchev–Trinajstić information content (AvgIpc) is 2.15. The van der Waals surface area contributed by atoms with Crippen LogP contribution in [0.1, 0.15) is 11.7 Å². The van der Waals surface area contributed by atoms with Gasteiger partial charge in [0.1, 0.15) is 6.10 Å². The third kappa shape index (κ3) is 2.76. The first-order valence-corrected chi connectivity index (χ1v) is 4.80. The molecule has 0 saturated carbocycles. The fraction of sp³-hybridized carbons (Fsp3) is 0.222. The van der Waals surface area contributed by atoms with E-state index in [2.05, 4.69) is 4.85 Å². The van der Waals surface area contributed by atoms with Crippen LogP contribution in [0.15, 0.2) is 24.3 Å². The first-order chi connectivity index (χ1) is 6.45. The van der Waals surface area contributed by atoms with Gasteiger partial charge in [0, 0.05) is 0 Å². The van der Waals surface area contributed by atoms with Gasteiger partial charge in [-0.15, -0.1) is 0 Å². The molecular weight excluding hydrogens is 244 g/mol. The maximum Gasteiger partial charge on any atom is 0.220 e. The highest BCUT2D eigenvalue weighted by molar-refractivity contribution is 6.68. The Morgan fingerprint density at radius 3 is 2.07 bits per heavy atom. The zero-order valence-corrected chi connectivity index (χ0v) is 9.18. The Labute approximate surface area is 96.8 Å². The van der Waals surface area contributed by atoms with Crippen LogP contribution in [0.25, 0.3) is 4.85 Å². The molecule has 0 fully saturated rings. The number of aliphatic hydroxyl groups excluding tert-OH is 1. The SMILES string of the molecule is [C-]#[N+]c1ccc(C(O)C(Cl)(Cl)Cl)cc1. The molecule has 1 atom stereocenters. The van der Waals surface area contributed by atoms with Crippen LogP contribution in [0.4, 0.5) is 5.69 Å². The molecule has 0 aliphatic rings. The second-order valence-corrected chi connectivity index (χ2v) is 5.02. The van der Waals surface area contributed by atoms with E-state index in [4.69, 9.17) is 41.4 Å². The van der Waals surface area contributed by atoms with Crippen molar-refractivity contribution in [2.75, 3.05) is 0 Å². The minimum absolute atomic E-state index is 0.470. The summed E-state index contributed by atoms with van der Waals surface area (Å²) < 4.78 is -1.75. The van der Waals surface area contributed by atoms with Gasteiger partial charge in [0.15, 0.2) is 5.69 Å². The third-order valence-corrected chi connectivity index (χ3v) is 2.27. The first-order valence-electron chi connectivity index (χ1n) is 3.67. The molecule has 2 nitrogen and oxygen atoms in total. The van der Waals surface area contributed by atoms with Gasteiger partial charge in [-0.3, -0.25) is 0 Å². The number of nitrogens with zero attached hydrogens (tertiary/aromatic N) is 1. The average molecular weight is 251 g/mol. The largest absolute Gasteiger partial charge is 0.384 e. The summed E-state index contributed by atoms with van der Waals surface area (Å²) >= 11 is 16.5. The van der Waals surface area contributed by atoms with Crippen LogP contribution in [0, 0.1) is 6.57 Å². The highest BCUT2D eigenvalue weighted by Gasteiger charge is 2.31. The van der Waals surface area contributed by atoms with Gasteiger partial charge in [0.25, 0.3) is 0 Å². The van der Waals surface area contributed by atoms with E-state index >= 15 is 0 Å². The van der Waals surface area contributed by atoms with E-state index in [1.165, 1.54) is 0 Å². The van der Waals surface area contributed by atoms with Crippen molar-refractivity contribution in [3.63, 3.8) is 0 Å². The minimum Gasteiger partial charge on any atom is -0.384 e.